The molecule has 3 heteroatoms. The number of aryl methyl sites for hydroxylation is 1. The third-order valence-electron chi connectivity index (χ3n) is 2.80. The van der Waals surface area contributed by atoms with Crippen molar-refractivity contribution in [2.45, 2.75) is 6.92 Å². The number of nitrogens with zero attached hydrogens (tertiary/aromatic N) is 1. The van der Waals surface area contributed by atoms with Crippen LogP contribution in [0.5, 0.6) is 5.75 Å². The normalized spacial score (nSPS) is 10.9. The minimum Gasteiger partial charge on any atom is -0.507 e. The van der Waals surface area contributed by atoms with E-state index in [1.807, 2.05) is 43.3 Å². The summed E-state index contributed by atoms with van der Waals surface area (Å²) in [7, 11) is 0. The molecule has 1 heterocycles. The maximum atomic E-state index is 9.91. The van der Waals surface area contributed by atoms with Gasteiger partial charge in [-0.25, -0.2) is 4.98 Å². The Morgan fingerprint density at radius 3 is 2.71 bits per heavy atom. The van der Waals surface area contributed by atoms with Crippen molar-refractivity contribution in [2.75, 3.05) is 0 Å². The zero-order chi connectivity index (χ0) is 11.8. The summed E-state index contributed by atoms with van der Waals surface area (Å²) in [5.74, 6) is 0.952. The molecule has 2 aromatic carbocycles. The van der Waals surface area contributed by atoms with Crippen molar-refractivity contribution in [3.8, 4) is 17.1 Å². The van der Waals surface area contributed by atoms with E-state index >= 15 is 0 Å². The van der Waals surface area contributed by atoms with Crippen molar-refractivity contribution in [1.29, 1.82) is 0 Å². The Morgan fingerprint density at radius 2 is 1.94 bits per heavy atom. The molecule has 3 nitrogen and oxygen atoms in total. The highest BCUT2D eigenvalue weighted by molar-refractivity contribution is 5.80. The van der Waals surface area contributed by atoms with Gasteiger partial charge in [-0.05, 0) is 36.8 Å². The summed E-state index contributed by atoms with van der Waals surface area (Å²) < 4.78 is 0. The average Bonchev–Trinajstić information content (AvgIpc) is 2.72. The highest BCUT2D eigenvalue weighted by Gasteiger charge is 2.08. The second kappa shape index (κ2) is 3.63. The van der Waals surface area contributed by atoms with Crippen molar-refractivity contribution >= 4 is 11.0 Å². The number of fused-ring (bicyclic) bond motifs is 1. The number of benzene rings is 2. The van der Waals surface area contributed by atoms with E-state index in [1.165, 1.54) is 0 Å². The van der Waals surface area contributed by atoms with Gasteiger partial charge in [-0.1, -0.05) is 18.2 Å². The lowest BCUT2D eigenvalue weighted by Crippen LogP contribution is -1.82. The van der Waals surface area contributed by atoms with Crippen molar-refractivity contribution in [1.82, 2.24) is 9.97 Å². The Kier molecular flexibility index (Phi) is 2.11. The summed E-state index contributed by atoms with van der Waals surface area (Å²) in [6.45, 7) is 1.95. The number of aromatic nitrogens is 2. The third-order valence-corrected chi connectivity index (χ3v) is 2.80. The monoisotopic (exact) mass is 224 g/mol. The zero-order valence-corrected chi connectivity index (χ0v) is 9.44. The van der Waals surface area contributed by atoms with E-state index in [0.717, 1.165) is 22.2 Å². The van der Waals surface area contributed by atoms with E-state index in [1.54, 1.807) is 6.07 Å². The third kappa shape index (κ3) is 1.65. The van der Waals surface area contributed by atoms with Crippen molar-refractivity contribution in [2.24, 2.45) is 0 Å². The Bertz CT molecular complexity index is 653. The van der Waals surface area contributed by atoms with E-state index in [9.17, 15) is 5.11 Å². The van der Waals surface area contributed by atoms with E-state index in [0.29, 0.717) is 5.82 Å². The first-order chi connectivity index (χ1) is 8.24. The number of hydrogen-bond acceptors (Lipinski definition) is 2. The van der Waals surface area contributed by atoms with Crippen LogP contribution in [0, 0.1) is 6.92 Å². The Hall–Kier alpha value is -2.29. The molecule has 84 valence electrons. The van der Waals surface area contributed by atoms with E-state index < -0.39 is 0 Å². The molecule has 0 bridgehead atoms. The molecule has 3 aromatic rings. The second-order valence-electron chi connectivity index (χ2n) is 4.12. The topological polar surface area (TPSA) is 48.9 Å². The molecule has 0 amide bonds. The standard InChI is InChI=1S/C14H12N2O/c1-9-6-7-10(13(17)8-9)14-15-11-4-2-3-5-12(11)16-14/h2-8,17H,1H3,(H,15,16). The highest BCUT2D eigenvalue weighted by Crippen LogP contribution is 2.29. The summed E-state index contributed by atoms with van der Waals surface area (Å²) in [5, 5.41) is 9.91. The molecule has 0 fully saturated rings. The largest absolute Gasteiger partial charge is 0.507 e. The van der Waals surface area contributed by atoms with Gasteiger partial charge in [0.05, 0.1) is 16.6 Å². The van der Waals surface area contributed by atoms with Gasteiger partial charge in [0.1, 0.15) is 11.6 Å². The molecular weight excluding hydrogens is 212 g/mol. The number of aromatic amines is 1. The number of hydrogen-bond donors (Lipinski definition) is 2. The lowest BCUT2D eigenvalue weighted by atomic mass is 10.1. The molecule has 0 saturated carbocycles. The summed E-state index contributed by atoms with van der Waals surface area (Å²) in [5.41, 5.74) is 3.64. The van der Waals surface area contributed by atoms with Crippen LogP contribution >= 0.6 is 0 Å². The van der Waals surface area contributed by atoms with Gasteiger partial charge in [-0.15, -0.1) is 0 Å². The predicted octanol–water partition coefficient (Wildman–Crippen LogP) is 3.24. The molecule has 0 aliphatic carbocycles. The Morgan fingerprint density at radius 1 is 1.12 bits per heavy atom. The Balaban J connectivity index is 2.20. The number of para-hydroxylation sites is 2. The molecule has 0 radical (unpaired) electrons. The van der Waals surface area contributed by atoms with Gasteiger partial charge in [-0.3, -0.25) is 0 Å². The Labute approximate surface area is 98.8 Å². The molecule has 0 spiro atoms. The smallest absolute Gasteiger partial charge is 0.142 e. The molecule has 0 aliphatic rings. The minimum absolute atomic E-state index is 0.254. The van der Waals surface area contributed by atoms with Crippen LogP contribution in [0.25, 0.3) is 22.4 Å². The SMILES string of the molecule is Cc1ccc(-c2nc3ccccc3[nH]2)c(O)c1. The number of phenols is 1. The minimum atomic E-state index is 0.254. The van der Waals surface area contributed by atoms with Crippen LogP contribution < -0.4 is 0 Å². The van der Waals surface area contributed by atoms with Gasteiger partial charge in [0.2, 0.25) is 0 Å². The van der Waals surface area contributed by atoms with E-state index in [4.69, 9.17) is 0 Å². The second-order valence-corrected chi connectivity index (χ2v) is 4.12. The summed E-state index contributed by atoms with van der Waals surface area (Å²) in [6, 6.07) is 13.4. The van der Waals surface area contributed by atoms with Crippen molar-refractivity contribution < 1.29 is 5.11 Å². The average molecular weight is 224 g/mol. The van der Waals surface area contributed by atoms with Crippen LogP contribution in [0.1, 0.15) is 5.56 Å². The molecule has 2 N–H and O–H groups in total. The quantitative estimate of drug-likeness (QED) is 0.666. The number of imidazole rings is 1. The van der Waals surface area contributed by atoms with Gasteiger partial charge < -0.3 is 10.1 Å². The molecule has 3 rings (SSSR count). The molecule has 1 aromatic heterocycles. The molecule has 0 aliphatic heterocycles. The van der Waals surface area contributed by atoms with Crippen LogP contribution in [0.15, 0.2) is 42.5 Å². The maximum absolute atomic E-state index is 9.91. The summed E-state index contributed by atoms with van der Waals surface area (Å²) in [4.78, 5) is 7.66. The molecule has 0 unspecified atom stereocenters. The zero-order valence-electron chi connectivity index (χ0n) is 9.44. The van der Waals surface area contributed by atoms with E-state index in [2.05, 4.69) is 9.97 Å². The highest BCUT2D eigenvalue weighted by atomic mass is 16.3. The first-order valence-electron chi connectivity index (χ1n) is 5.49. The van der Waals surface area contributed by atoms with E-state index in [-0.39, 0.29) is 5.75 Å². The van der Waals surface area contributed by atoms with Crippen LogP contribution in [-0.2, 0) is 0 Å². The number of H-pyrrole nitrogens is 1. The molecule has 17 heavy (non-hydrogen) atoms. The lowest BCUT2D eigenvalue weighted by Gasteiger charge is -2.01. The van der Waals surface area contributed by atoms with Crippen LogP contribution in [0.3, 0.4) is 0 Å². The van der Waals surface area contributed by atoms with Crippen LogP contribution in [0.4, 0.5) is 0 Å². The molecule has 0 saturated heterocycles. The lowest BCUT2D eigenvalue weighted by molar-refractivity contribution is 0.476. The molecule has 0 atom stereocenters. The maximum Gasteiger partial charge on any atom is 0.142 e. The van der Waals surface area contributed by atoms with Crippen LogP contribution in [-0.4, -0.2) is 15.1 Å². The summed E-state index contributed by atoms with van der Waals surface area (Å²) in [6.07, 6.45) is 0. The number of nitrogens with one attached hydrogen (secondary N) is 1. The predicted molar refractivity (Wildman–Crippen MR) is 67.9 cm³/mol. The number of rotatable bonds is 1. The fourth-order valence-corrected chi connectivity index (χ4v) is 1.92. The van der Waals surface area contributed by atoms with Gasteiger partial charge in [0.15, 0.2) is 0 Å². The van der Waals surface area contributed by atoms with Crippen molar-refractivity contribution in [3.63, 3.8) is 0 Å². The van der Waals surface area contributed by atoms with Gasteiger partial charge >= 0.3 is 0 Å². The first kappa shape index (κ1) is 9.90. The summed E-state index contributed by atoms with van der Waals surface area (Å²) >= 11 is 0. The fourth-order valence-electron chi connectivity index (χ4n) is 1.92. The fraction of sp³-hybridized carbons (Fsp3) is 0.0714. The molecular formula is C14H12N2O. The van der Waals surface area contributed by atoms with Gasteiger partial charge in [0, 0.05) is 0 Å². The number of aromatic hydroxyl groups is 1. The van der Waals surface area contributed by atoms with Gasteiger partial charge in [0.25, 0.3) is 0 Å². The first-order valence-corrected chi connectivity index (χ1v) is 5.49. The number of phenolic OH excluding ortho intramolecular Hbond substituents is 1. The van der Waals surface area contributed by atoms with Crippen molar-refractivity contribution in [3.05, 3.63) is 48.0 Å². The van der Waals surface area contributed by atoms with Gasteiger partial charge in [-0.2, -0.15) is 0 Å². The van der Waals surface area contributed by atoms with Crippen LogP contribution in [0.2, 0.25) is 0 Å².